The van der Waals surface area contributed by atoms with Gasteiger partial charge in [-0.1, -0.05) is 35.9 Å². The molecule has 0 saturated carbocycles. The van der Waals surface area contributed by atoms with E-state index in [4.69, 9.17) is 11.6 Å². The summed E-state index contributed by atoms with van der Waals surface area (Å²) in [6.07, 6.45) is 2.74. The third-order valence-electron chi connectivity index (χ3n) is 4.69. The molecule has 0 aliphatic carbocycles. The number of anilines is 1. The summed E-state index contributed by atoms with van der Waals surface area (Å²) in [6.45, 7) is 4.33. The van der Waals surface area contributed by atoms with Crippen LogP contribution in [-0.2, 0) is 11.2 Å². The van der Waals surface area contributed by atoms with Crippen LogP contribution in [0.25, 0.3) is 0 Å². The molecule has 1 aromatic heterocycles. The third-order valence-corrected chi connectivity index (χ3v) is 4.89. The Balaban J connectivity index is 1.51. The van der Waals surface area contributed by atoms with E-state index < -0.39 is 0 Å². The van der Waals surface area contributed by atoms with Gasteiger partial charge in [0, 0.05) is 19.6 Å². The van der Waals surface area contributed by atoms with Crippen molar-refractivity contribution in [3.63, 3.8) is 0 Å². The first kappa shape index (κ1) is 17.7. The van der Waals surface area contributed by atoms with E-state index in [0.29, 0.717) is 18.2 Å². The van der Waals surface area contributed by atoms with Crippen LogP contribution in [0.5, 0.6) is 0 Å². The van der Waals surface area contributed by atoms with Crippen LogP contribution in [0.1, 0.15) is 24.0 Å². The number of nitrogens with one attached hydrogen (secondary N) is 1. The second-order valence-electron chi connectivity index (χ2n) is 6.47. The lowest BCUT2D eigenvalue weighted by molar-refractivity contribution is -0.125. The first-order valence-electron chi connectivity index (χ1n) is 8.70. The molecule has 1 saturated heterocycles. The minimum Gasteiger partial charge on any atom is -0.355 e. The second kappa shape index (κ2) is 8.30. The van der Waals surface area contributed by atoms with Crippen molar-refractivity contribution in [2.75, 3.05) is 24.5 Å². The number of aromatic nitrogens is 2. The molecule has 1 aliphatic rings. The number of carbonyl (C=O) groups is 1. The van der Waals surface area contributed by atoms with Crippen LogP contribution in [0.3, 0.4) is 0 Å². The summed E-state index contributed by atoms with van der Waals surface area (Å²) in [5, 5.41) is 11.5. The Bertz CT molecular complexity index is 720. The van der Waals surface area contributed by atoms with Crippen LogP contribution in [-0.4, -0.2) is 35.7 Å². The highest BCUT2D eigenvalue weighted by Gasteiger charge is 2.26. The monoisotopic (exact) mass is 358 g/mol. The molecule has 5 nitrogen and oxygen atoms in total. The Kier molecular flexibility index (Phi) is 5.87. The Labute approximate surface area is 153 Å². The fourth-order valence-corrected chi connectivity index (χ4v) is 3.33. The molecule has 25 heavy (non-hydrogen) atoms. The van der Waals surface area contributed by atoms with Gasteiger partial charge in [0.2, 0.25) is 5.91 Å². The molecule has 1 aliphatic heterocycles. The number of piperidine rings is 1. The zero-order valence-electron chi connectivity index (χ0n) is 14.4. The van der Waals surface area contributed by atoms with E-state index in [9.17, 15) is 4.79 Å². The highest BCUT2D eigenvalue weighted by molar-refractivity contribution is 6.29. The summed E-state index contributed by atoms with van der Waals surface area (Å²) in [5.41, 5.74) is 2.55. The van der Waals surface area contributed by atoms with Crippen molar-refractivity contribution >= 4 is 23.3 Å². The number of amides is 1. The van der Waals surface area contributed by atoms with E-state index in [1.165, 1.54) is 11.1 Å². The zero-order valence-corrected chi connectivity index (χ0v) is 15.2. The van der Waals surface area contributed by atoms with E-state index in [1.54, 1.807) is 6.07 Å². The van der Waals surface area contributed by atoms with Crippen molar-refractivity contribution in [2.24, 2.45) is 5.92 Å². The highest BCUT2D eigenvalue weighted by Crippen LogP contribution is 2.22. The van der Waals surface area contributed by atoms with E-state index in [0.717, 1.165) is 31.6 Å². The molecule has 0 radical (unpaired) electrons. The summed E-state index contributed by atoms with van der Waals surface area (Å²) in [5.74, 6) is 0.894. The summed E-state index contributed by atoms with van der Waals surface area (Å²) in [7, 11) is 0. The Morgan fingerprint density at radius 1 is 1.28 bits per heavy atom. The minimum absolute atomic E-state index is 0.0110. The van der Waals surface area contributed by atoms with Crippen LogP contribution in [0.4, 0.5) is 5.82 Å². The fourth-order valence-electron chi connectivity index (χ4n) is 3.23. The van der Waals surface area contributed by atoms with Gasteiger partial charge in [-0.2, -0.15) is 0 Å². The smallest absolute Gasteiger partial charge is 0.224 e. The summed E-state index contributed by atoms with van der Waals surface area (Å²) >= 11 is 5.79. The quantitative estimate of drug-likeness (QED) is 0.892. The van der Waals surface area contributed by atoms with Gasteiger partial charge in [-0.05, 0) is 49.4 Å². The van der Waals surface area contributed by atoms with Crippen LogP contribution in [0, 0.1) is 12.8 Å². The highest BCUT2D eigenvalue weighted by atomic mass is 35.5. The number of hydrogen-bond donors (Lipinski definition) is 1. The Morgan fingerprint density at radius 3 is 2.88 bits per heavy atom. The number of benzene rings is 1. The molecular weight excluding hydrogens is 336 g/mol. The van der Waals surface area contributed by atoms with Crippen LogP contribution >= 0.6 is 11.6 Å². The Morgan fingerprint density at radius 2 is 2.12 bits per heavy atom. The van der Waals surface area contributed by atoms with Crippen molar-refractivity contribution in [2.45, 2.75) is 26.2 Å². The van der Waals surface area contributed by atoms with Crippen molar-refractivity contribution in [3.05, 3.63) is 52.7 Å². The van der Waals surface area contributed by atoms with Crippen molar-refractivity contribution in [1.29, 1.82) is 0 Å². The normalized spacial score (nSPS) is 17.4. The zero-order chi connectivity index (χ0) is 17.6. The van der Waals surface area contributed by atoms with Gasteiger partial charge >= 0.3 is 0 Å². The van der Waals surface area contributed by atoms with E-state index in [-0.39, 0.29) is 11.8 Å². The minimum atomic E-state index is -0.0110. The number of halogens is 1. The van der Waals surface area contributed by atoms with Gasteiger partial charge in [-0.3, -0.25) is 4.79 Å². The molecule has 2 aromatic rings. The molecule has 1 fully saturated rings. The molecule has 132 valence electrons. The van der Waals surface area contributed by atoms with Crippen molar-refractivity contribution < 1.29 is 4.79 Å². The molecule has 1 N–H and O–H groups in total. The van der Waals surface area contributed by atoms with Gasteiger partial charge in [-0.25, -0.2) is 0 Å². The molecule has 0 bridgehead atoms. The molecular formula is C19H23ClN4O. The number of rotatable bonds is 5. The van der Waals surface area contributed by atoms with Gasteiger partial charge < -0.3 is 10.2 Å². The molecule has 1 atom stereocenters. The number of aryl methyl sites for hydroxylation is 1. The second-order valence-corrected chi connectivity index (χ2v) is 6.85. The average Bonchev–Trinajstić information content (AvgIpc) is 2.64. The van der Waals surface area contributed by atoms with Crippen molar-refractivity contribution in [3.8, 4) is 0 Å². The van der Waals surface area contributed by atoms with Gasteiger partial charge in [-0.15, -0.1) is 10.2 Å². The number of hydrogen-bond acceptors (Lipinski definition) is 4. The Hall–Kier alpha value is -2.14. The predicted molar refractivity (Wildman–Crippen MR) is 99.9 cm³/mol. The topological polar surface area (TPSA) is 58.1 Å². The van der Waals surface area contributed by atoms with E-state index in [1.807, 2.05) is 18.2 Å². The molecule has 6 heteroatoms. The maximum absolute atomic E-state index is 12.5. The van der Waals surface area contributed by atoms with Crippen LogP contribution < -0.4 is 10.2 Å². The summed E-state index contributed by atoms with van der Waals surface area (Å²) < 4.78 is 0. The summed E-state index contributed by atoms with van der Waals surface area (Å²) in [4.78, 5) is 14.6. The SMILES string of the molecule is Cc1ccccc1CCNC(=O)[C@H]1CCCN(c2ccc(Cl)nn2)C1. The van der Waals surface area contributed by atoms with Gasteiger partial charge in [0.15, 0.2) is 11.0 Å². The molecule has 2 heterocycles. The lowest BCUT2D eigenvalue weighted by Gasteiger charge is -2.32. The van der Waals surface area contributed by atoms with E-state index in [2.05, 4.69) is 39.5 Å². The largest absolute Gasteiger partial charge is 0.355 e. The average molecular weight is 359 g/mol. The lowest BCUT2D eigenvalue weighted by Crippen LogP contribution is -2.43. The first-order chi connectivity index (χ1) is 12.1. The van der Waals surface area contributed by atoms with E-state index >= 15 is 0 Å². The van der Waals surface area contributed by atoms with Crippen LogP contribution in [0.2, 0.25) is 5.15 Å². The van der Waals surface area contributed by atoms with Crippen LogP contribution in [0.15, 0.2) is 36.4 Å². The van der Waals surface area contributed by atoms with Crippen molar-refractivity contribution in [1.82, 2.24) is 15.5 Å². The lowest BCUT2D eigenvalue weighted by atomic mass is 9.97. The third kappa shape index (κ3) is 4.69. The first-order valence-corrected chi connectivity index (χ1v) is 9.07. The maximum Gasteiger partial charge on any atom is 0.224 e. The molecule has 0 unspecified atom stereocenters. The van der Waals surface area contributed by atoms with Gasteiger partial charge in [0.05, 0.1) is 5.92 Å². The molecule has 3 rings (SSSR count). The summed E-state index contributed by atoms with van der Waals surface area (Å²) in [6, 6.07) is 11.9. The standard InChI is InChI=1S/C19H23ClN4O/c1-14-5-2-3-6-15(14)10-11-21-19(25)16-7-4-12-24(13-16)18-9-8-17(20)22-23-18/h2-3,5-6,8-9,16H,4,7,10-13H2,1H3,(H,21,25)/t16-/m0/s1. The number of carbonyl (C=O) groups excluding carboxylic acids is 1. The molecule has 0 spiro atoms. The van der Waals surface area contributed by atoms with Gasteiger partial charge in [0.1, 0.15) is 0 Å². The maximum atomic E-state index is 12.5. The molecule has 1 amide bonds. The molecule has 1 aromatic carbocycles. The van der Waals surface area contributed by atoms with Gasteiger partial charge in [0.25, 0.3) is 0 Å². The number of nitrogens with zero attached hydrogens (tertiary/aromatic N) is 3. The predicted octanol–water partition coefficient (Wildman–Crippen LogP) is 3.01. The fraction of sp³-hybridized carbons (Fsp3) is 0.421.